The molecule has 3 rings (SSSR count). The number of rotatable bonds is 9. The molecule has 3 aromatic heterocycles. The molecule has 3 aromatic rings. The van der Waals surface area contributed by atoms with Gasteiger partial charge in [-0.25, -0.2) is 9.67 Å². The van der Waals surface area contributed by atoms with E-state index >= 15 is 0 Å². The lowest BCUT2D eigenvalue weighted by Gasteiger charge is -2.12. The van der Waals surface area contributed by atoms with Crippen LogP contribution in [0.25, 0.3) is 11.0 Å². The Kier molecular flexibility index (Phi) is 7.12. The topological polar surface area (TPSA) is 90.5 Å². The van der Waals surface area contributed by atoms with Crippen molar-refractivity contribution in [3.05, 3.63) is 29.3 Å². The first kappa shape index (κ1) is 22.3. The van der Waals surface area contributed by atoms with Gasteiger partial charge in [0.1, 0.15) is 5.82 Å². The van der Waals surface area contributed by atoms with Crippen LogP contribution in [0.1, 0.15) is 62.0 Å². The van der Waals surface area contributed by atoms with Crippen LogP contribution in [-0.2, 0) is 13.0 Å². The zero-order chi connectivity index (χ0) is 21.8. The Labute approximate surface area is 181 Å². The minimum atomic E-state index is -0.104. The molecule has 1 N–H and O–H groups in total. The van der Waals surface area contributed by atoms with Gasteiger partial charge in [-0.2, -0.15) is 5.10 Å². The van der Waals surface area contributed by atoms with Gasteiger partial charge in [-0.15, -0.1) is 10.2 Å². The Morgan fingerprint density at radius 3 is 2.67 bits per heavy atom. The molecule has 8 nitrogen and oxygen atoms in total. The maximum atomic E-state index is 12.7. The van der Waals surface area contributed by atoms with E-state index in [2.05, 4.69) is 57.9 Å². The number of hydrogen-bond acceptors (Lipinski definition) is 6. The Morgan fingerprint density at radius 2 is 2.00 bits per heavy atom. The summed E-state index contributed by atoms with van der Waals surface area (Å²) >= 11 is 1.61. The van der Waals surface area contributed by atoms with E-state index in [1.54, 1.807) is 18.0 Å². The molecule has 0 saturated heterocycles. The second-order valence-corrected chi connectivity index (χ2v) is 8.96. The number of carbonyl (C=O) groups excluding carboxylic acids is 1. The molecule has 0 spiro atoms. The van der Waals surface area contributed by atoms with Gasteiger partial charge in [-0.05, 0) is 45.4 Å². The van der Waals surface area contributed by atoms with E-state index in [1.807, 2.05) is 23.9 Å². The molecular formula is C21H31N7OS. The fourth-order valence-electron chi connectivity index (χ4n) is 3.42. The summed E-state index contributed by atoms with van der Waals surface area (Å²) < 4.78 is 4.06. The van der Waals surface area contributed by atoms with Gasteiger partial charge in [-0.1, -0.05) is 25.6 Å². The second kappa shape index (κ2) is 9.59. The molecule has 3 heterocycles. The minimum Gasteiger partial charge on any atom is -0.352 e. The zero-order valence-corrected chi connectivity index (χ0v) is 19.5. The van der Waals surface area contributed by atoms with Crippen molar-refractivity contribution in [1.29, 1.82) is 0 Å². The highest BCUT2D eigenvalue weighted by atomic mass is 32.2. The quantitative estimate of drug-likeness (QED) is 0.412. The Hall–Kier alpha value is -2.42. The Balaban J connectivity index is 1.62. The number of aromatic nitrogens is 6. The molecule has 162 valence electrons. The average molecular weight is 430 g/mol. The zero-order valence-electron chi connectivity index (χ0n) is 18.6. The summed E-state index contributed by atoms with van der Waals surface area (Å²) in [5, 5.41) is 17.8. The number of nitrogens with zero attached hydrogens (tertiary/aromatic N) is 6. The summed E-state index contributed by atoms with van der Waals surface area (Å²) in [6.45, 7) is 11.8. The van der Waals surface area contributed by atoms with Gasteiger partial charge in [0.05, 0.1) is 17.5 Å². The highest BCUT2D eigenvalue weighted by Crippen LogP contribution is 2.19. The molecule has 0 fully saturated rings. The predicted molar refractivity (Wildman–Crippen MR) is 120 cm³/mol. The van der Waals surface area contributed by atoms with Gasteiger partial charge in [0.2, 0.25) is 0 Å². The maximum absolute atomic E-state index is 12.7. The first-order chi connectivity index (χ1) is 14.3. The van der Waals surface area contributed by atoms with E-state index in [4.69, 9.17) is 0 Å². The van der Waals surface area contributed by atoms with Gasteiger partial charge >= 0.3 is 0 Å². The standard InChI is InChI=1S/C21H31N7OS/c1-13(2)12-27-18(25-26-21(27)30-6)8-7-9-22-20(29)17-10-16-11-23-28(14(3)4)19(16)24-15(17)5/h10-11,13-14H,7-9,12H2,1-6H3,(H,22,29). The molecule has 1 amide bonds. The van der Waals surface area contributed by atoms with Crippen LogP contribution in [0, 0.1) is 12.8 Å². The summed E-state index contributed by atoms with van der Waals surface area (Å²) in [6, 6.07) is 2.10. The molecule has 0 aliphatic carbocycles. The molecule has 0 saturated carbocycles. The number of nitrogens with one attached hydrogen (secondary N) is 1. The van der Waals surface area contributed by atoms with Crippen LogP contribution in [0.3, 0.4) is 0 Å². The monoisotopic (exact) mass is 429 g/mol. The van der Waals surface area contributed by atoms with Crippen LogP contribution in [0.2, 0.25) is 0 Å². The lowest BCUT2D eigenvalue weighted by Crippen LogP contribution is -2.26. The molecule has 30 heavy (non-hydrogen) atoms. The Bertz CT molecular complexity index is 1020. The highest BCUT2D eigenvalue weighted by molar-refractivity contribution is 7.98. The van der Waals surface area contributed by atoms with Crippen LogP contribution in [0.15, 0.2) is 17.4 Å². The van der Waals surface area contributed by atoms with E-state index in [-0.39, 0.29) is 11.9 Å². The number of thioether (sulfide) groups is 1. The number of hydrogen-bond donors (Lipinski definition) is 1. The predicted octanol–water partition coefficient (Wildman–Crippen LogP) is 3.65. The minimum absolute atomic E-state index is 0.104. The first-order valence-corrected chi connectivity index (χ1v) is 11.6. The van der Waals surface area contributed by atoms with E-state index in [0.717, 1.165) is 41.4 Å². The summed E-state index contributed by atoms with van der Waals surface area (Å²) in [4.78, 5) is 17.3. The lowest BCUT2D eigenvalue weighted by molar-refractivity contribution is 0.0952. The summed E-state index contributed by atoms with van der Waals surface area (Å²) in [7, 11) is 0. The van der Waals surface area contributed by atoms with Crippen LogP contribution in [0.4, 0.5) is 0 Å². The van der Waals surface area contributed by atoms with E-state index in [9.17, 15) is 4.79 Å². The van der Waals surface area contributed by atoms with Crippen molar-refractivity contribution >= 4 is 28.7 Å². The average Bonchev–Trinajstić information content (AvgIpc) is 3.27. The second-order valence-electron chi connectivity index (χ2n) is 8.18. The number of fused-ring (bicyclic) bond motifs is 1. The number of amides is 1. The SMILES string of the molecule is CSc1nnc(CCCNC(=O)c2cc3cnn(C(C)C)c3nc2C)n1CC(C)C. The third-order valence-electron chi connectivity index (χ3n) is 4.88. The lowest BCUT2D eigenvalue weighted by atomic mass is 10.1. The van der Waals surface area contributed by atoms with Crippen LogP contribution in [-0.4, -0.2) is 48.2 Å². The van der Waals surface area contributed by atoms with Crippen LogP contribution < -0.4 is 5.32 Å². The van der Waals surface area contributed by atoms with Crippen molar-refractivity contribution in [2.45, 2.75) is 65.2 Å². The molecule has 0 aliphatic rings. The molecule has 0 radical (unpaired) electrons. The summed E-state index contributed by atoms with van der Waals surface area (Å²) in [5.74, 6) is 1.39. The molecule has 0 atom stereocenters. The number of aryl methyl sites for hydroxylation is 2. The van der Waals surface area contributed by atoms with E-state index < -0.39 is 0 Å². The molecule has 0 unspecified atom stereocenters. The van der Waals surface area contributed by atoms with Gasteiger partial charge in [-0.3, -0.25) is 4.79 Å². The van der Waals surface area contributed by atoms with Crippen molar-refractivity contribution in [1.82, 2.24) is 34.8 Å². The van der Waals surface area contributed by atoms with Gasteiger partial charge < -0.3 is 9.88 Å². The number of pyridine rings is 1. The first-order valence-electron chi connectivity index (χ1n) is 10.4. The molecule has 0 aromatic carbocycles. The van der Waals surface area contributed by atoms with E-state index in [1.165, 1.54) is 0 Å². The van der Waals surface area contributed by atoms with Crippen molar-refractivity contribution in [2.75, 3.05) is 12.8 Å². The fourth-order valence-corrected chi connectivity index (χ4v) is 3.94. The summed E-state index contributed by atoms with van der Waals surface area (Å²) in [5.41, 5.74) is 2.12. The van der Waals surface area contributed by atoms with Crippen molar-refractivity contribution in [3.63, 3.8) is 0 Å². The maximum Gasteiger partial charge on any atom is 0.253 e. The van der Waals surface area contributed by atoms with Crippen LogP contribution >= 0.6 is 11.8 Å². The Morgan fingerprint density at radius 1 is 1.23 bits per heavy atom. The fraction of sp³-hybridized carbons (Fsp3) is 0.571. The van der Waals surface area contributed by atoms with Gasteiger partial charge in [0, 0.05) is 30.9 Å². The van der Waals surface area contributed by atoms with Crippen molar-refractivity contribution < 1.29 is 4.79 Å². The van der Waals surface area contributed by atoms with Gasteiger partial charge in [0.25, 0.3) is 5.91 Å². The highest BCUT2D eigenvalue weighted by Gasteiger charge is 2.16. The molecule has 0 bridgehead atoms. The third kappa shape index (κ3) is 4.83. The molecule has 0 aliphatic heterocycles. The van der Waals surface area contributed by atoms with E-state index in [0.29, 0.717) is 23.7 Å². The number of carbonyl (C=O) groups is 1. The van der Waals surface area contributed by atoms with Crippen LogP contribution in [0.5, 0.6) is 0 Å². The summed E-state index contributed by atoms with van der Waals surface area (Å²) in [6.07, 6.45) is 5.36. The largest absolute Gasteiger partial charge is 0.352 e. The third-order valence-corrected chi connectivity index (χ3v) is 5.55. The smallest absolute Gasteiger partial charge is 0.253 e. The molecular weight excluding hydrogens is 398 g/mol. The normalized spacial score (nSPS) is 11.7. The molecule has 9 heteroatoms. The van der Waals surface area contributed by atoms with Crippen molar-refractivity contribution in [3.8, 4) is 0 Å². The van der Waals surface area contributed by atoms with Crippen molar-refractivity contribution in [2.24, 2.45) is 5.92 Å². The van der Waals surface area contributed by atoms with Gasteiger partial charge in [0.15, 0.2) is 10.8 Å².